The molecule has 0 bridgehead atoms. The zero-order chi connectivity index (χ0) is 23.0. The molecule has 3 aromatic carbocycles. The van der Waals surface area contributed by atoms with Crippen molar-refractivity contribution in [1.82, 2.24) is 10.3 Å². The number of pyridine rings is 1. The van der Waals surface area contributed by atoms with Crippen molar-refractivity contribution in [3.63, 3.8) is 0 Å². The van der Waals surface area contributed by atoms with Crippen LogP contribution in [0.25, 0.3) is 27.9 Å². The van der Waals surface area contributed by atoms with Gasteiger partial charge in [-0.15, -0.1) is 0 Å². The maximum atomic E-state index is 12.1. The molecule has 4 aromatic rings. The third kappa shape index (κ3) is 5.78. The monoisotopic (exact) mass is 437 g/mol. The van der Waals surface area contributed by atoms with Gasteiger partial charge in [0.2, 0.25) is 5.91 Å². The van der Waals surface area contributed by atoms with Gasteiger partial charge in [0.05, 0.1) is 16.7 Å². The van der Waals surface area contributed by atoms with Gasteiger partial charge in [0.15, 0.2) is 0 Å². The molecule has 0 aliphatic rings. The number of aromatic nitrogens is 1. The van der Waals surface area contributed by atoms with E-state index in [1.165, 1.54) is 5.56 Å². The van der Waals surface area contributed by atoms with E-state index in [0.717, 1.165) is 52.4 Å². The number of carbonyl (C=O) groups excluding carboxylic acids is 1. The number of rotatable bonds is 9. The number of nitrogens with one attached hydrogen (secondary N) is 2. The molecule has 33 heavy (non-hydrogen) atoms. The first-order chi connectivity index (χ1) is 16.1. The van der Waals surface area contributed by atoms with Crippen molar-refractivity contribution in [2.45, 2.75) is 32.6 Å². The topological polar surface area (TPSA) is 54.0 Å². The van der Waals surface area contributed by atoms with Crippen molar-refractivity contribution in [1.29, 1.82) is 0 Å². The molecule has 0 spiro atoms. The molecule has 0 atom stereocenters. The van der Waals surface area contributed by atoms with Crippen LogP contribution in [0.2, 0.25) is 0 Å². The number of anilines is 1. The fourth-order valence-electron chi connectivity index (χ4n) is 3.93. The first kappa shape index (κ1) is 22.5. The molecule has 0 unspecified atom stereocenters. The highest BCUT2D eigenvalue weighted by Gasteiger charge is 2.08. The summed E-state index contributed by atoms with van der Waals surface area (Å²) in [5.41, 5.74) is 5.47. The lowest BCUT2D eigenvalue weighted by Crippen LogP contribution is -2.22. The van der Waals surface area contributed by atoms with Crippen LogP contribution in [0.15, 0.2) is 78.9 Å². The smallest absolute Gasteiger partial charge is 0.243 e. The highest BCUT2D eigenvalue weighted by Crippen LogP contribution is 2.30. The first-order valence-electron chi connectivity index (χ1n) is 11.7. The summed E-state index contributed by atoms with van der Waals surface area (Å²) in [4.78, 5) is 16.9. The van der Waals surface area contributed by atoms with Crippen LogP contribution in [0.4, 0.5) is 5.69 Å². The molecule has 0 aliphatic heterocycles. The number of carbonyl (C=O) groups is 1. The number of para-hydroxylation sites is 2. The van der Waals surface area contributed by atoms with E-state index in [1.54, 1.807) is 6.08 Å². The van der Waals surface area contributed by atoms with Gasteiger partial charge in [0.25, 0.3) is 0 Å². The maximum absolute atomic E-state index is 12.1. The zero-order valence-electron chi connectivity index (χ0n) is 19.3. The van der Waals surface area contributed by atoms with Crippen molar-refractivity contribution in [3.05, 3.63) is 90.0 Å². The Hall–Kier alpha value is -3.66. The minimum Gasteiger partial charge on any atom is -0.384 e. The van der Waals surface area contributed by atoms with Gasteiger partial charge < -0.3 is 10.6 Å². The quantitative estimate of drug-likeness (QED) is 0.178. The van der Waals surface area contributed by atoms with Gasteiger partial charge in [-0.25, -0.2) is 4.98 Å². The number of hydrogen-bond acceptors (Lipinski definition) is 3. The number of amides is 1. The van der Waals surface area contributed by atoms with E-state index < -0.39 is 0 Å². The summed E-state index contributed by atoms with van der Waals surface area (Å²) >= 11 is 0. The van der Waals surface area contributed by atoms with Crippen LogP contribution in [0, 0.1) is 0 Å². The van der Waals surface area contributed by atoms with Gasteiger partial charge in [-0.05, 0) is 48.1 Å². The Morgan fingerprint density at radius 3 is 2.09 bits per heavy atom. The second kappa shape index (κ2) is 10.8. The second-order valence-corrected chi connectivity index (χ2v) is 8.60. The molecule has 1 aromatic heterocycles. The molecule has 4 nitrogen and oxygen atoms in total. The van der Waals surface area contributed by atoms with Gasteiger partial charge >= 0.3 is 0 Å². The summed E-state index contributed by atoms with van der Waals surface area (Å²) < 4.78 is 0. The standard InChI is InChI=1S/C29H31N3O/c1-21(2)23-16-13-22(14-17-23)15-18-28(33)30-19-7-8-20-31-29-24-9-3-5-11-26(24)32-27-12-6-4-10-25(27)29/h3-6,9-18,21H,7-8,19-20H2,1-2H3,(H,30,33)(H,31,32)/b18-15+. The number of fused-ring (bicyclic) bond motifs is 2. The van der Waals surface area contributed by atoms with E-state index in [-0.39, 0.29) is 5.91 Å². The van der Waals surface area contributed by atoms with E-state index >= 15 is 0 Å². The van der Waals surface area contributed by atoms with Crippen molar-refractivity contribution in [2.75, 3.05) is 18.4 Å². The Balaban J connectivity index is 1.25. The highest BCUT2D eigenvalue weighted by molar-refractivity contribution is 6.07. The number of benzene rings is 3. The third-order valence-corrected chi connectivity index (χ3v) is 5.82. The van der Waals surface area contributed by atoms with Crippen LogP contribution in [0.3, 0.4) is 0 Å². The lowest BCUT2D eigenvalue weighted by molar-refractivity contribution is -0.116. The zero-order valence-corrected chi connectivity index (χ0v) is 19.3. The molecule has 4 rings (SSSR count). The SMILES string of the molecule is CC(C)c1ccc(/C=C/C(=O)NCCCCNc2c3ccccc3nc3ccccc23)cc1. The normalized spacial score (nSPS) is 11.5. The Morgan fingerprint density at radius 2 is 1.45 bits per heavy atom. The van der Waals surface area contributed by atoms with Crippen molar-refractivity contribution in [3.8, 4) is 0 Å². The molecule has 0 radical (unpaired) electrons. The van der Waals surface area contributed by atoms with Crippen molar-refractivity contribution in [2.24, 2.45) is 0 Å². The predicted octanol–water partition coefficient (Wildman–Crippen LogP) is 6.53. The average molecular weight is 438 g/mol. The third-order valence-electron chi connectivity index (χ3n) is 5.82. The summed E-state index contributed by atoms with van der Waals surface area (Å²) in [6.45, 7) is 5.85. The molecular weight excluding hydrogens is 406 g/mol. The van der Waals surface area contributed by atoms with Crippen molar-refractivity contribution >= 4 is 39.5 Å². The minimum absolute atomic E-state index is 0.0537. The van der Waals surface area contributed by atoms with Crippen molar-refractivity contribution < 1.29 is 4.79 Å². The largest absolute Gasteiger partial charge is 0.384 e. The molecule has 0 aliphatic carbocycles. The molecule has 0 saturated heterocycles. The molecule has 0 fully saturated rings. The summed E-state index contributed by atoms with van der Waals surface area (Å²) in [7, 11) is 0. The molecule has 168 valence electrons. The van der Waals surface area contributed by atoms with Crippen LogP contribution in [0.5, 0.6) is 0 Å². The Kier molecular flexibility index (Phi) is 7.36. The number of unbranched alkanes of at least 4 members (excludes halogenated alkanes) is 1. The molecular formula is C29H31N3O. The lowest BCUT2D eigenvalue weighted by atomic mass is 10.0. The van der Waals surface area contributed by atoms with Gasteiger partial charge in [0.1, 0.15) is 0 Å². The summed E-state index contributed by atoms with van der Waals surface area (Å²) in [5, 5.41) is 8.86. The van der Waals surface area contributed by atoms with Crippen LogP contribution in [-0.4, -0.2) is 24.0 Å². The fraction of sp³-hybridized carbons (Fsp3) is 0.241. The van der Waals surface area contributed by atoms with E-state index in [1.807, 2.05) is 30.3 Å². The molecule has 1 heterocycles. The van der Waals surface area contributed by atoms with E-state index in [9.17, 15) is 4.79 Å². The molecule has 2 N–H and O–H groups in total. The minimum atomic E-state index is -0.0537. The highest BCUT2D eigenvalue weighted by atomic mass is 16.1. The van der Waals surface area contributed by atoms with E-state index in [2.05, 4.69) is 73.0 Å². The molecule has 1 amide bonds. The van der Waals surface area contributed by atoms with Crippen LogP contribution in [0.1, 0.15) is 43.7 Å². The fourth-order valence-corrected chi connectivity index (χ4v) is 3.93. The molecule has 4 heteroatoms. The summed E-state index contributed by atoms with van der Waals surface area (Å²) in [6.07, 6.45) is 5.35. The second-order valence-electron chi connectivity index (χ2n) is 8.60. The van der Waals surface area contributed by atoms with Crippen LogP contribution < -0.4 is 10.6 Å². The molecule has 0 saturated carbocycles. The Bertz CT molecular complexity index is 1210. The Labute approximate surface area is 195 Å². The maximum Gasteiger partial charge on any atom is 0.243 e. The van der Waals surface area contributed by atoms with E-state index in [4.69, 9.17) is 4.98 Å². The van der Waals surface area contributed by atoms with Gasteiger partial charge in [-0.2, -0.15) is 0 Å². The Morgan fingerprint density at radius 1 is 0.848 bits per heavy atom. The van der Waals surface area contributed by atoms with Crippen LogP contribution >= 0.6 is 0 Å². The number of nitrogens with zero attached hydrogens (tertiary/aromatic N) is 1. The predicted molar refractivity (Wildman–Crippen MR) is 140 cm³/mol. The summed E-state index contributed by atoms with van der Waals surface area (Å²) in [5.74, 6) is 0.457. The van der Waals surface area contributed by atoms with Gasteiger partial charge in [0, 0.05) is 29.9 Å². The number of hydrogen-bond donors (Lipinski definition) is 2. The van der Waals surface area contributed by atoms with Gasteiger partial charge in [-0.1, -0.05) is 74.5 Å². The van der Waals surface area contributed by atoms with E-state index in [0.29, 0.717) is 12.5 Å². The lowest BCUT2D eigenvalue weighted by Gasteiger charge is -2.13. The first-order valence-corrected chi connectivity index (χ1v) is 11.7. The van der Waals surface area contributed by atoms with Gasteiger partial charge in [-0.3, -0.25) is 4.79 Å². The summed E-state index contributed by atoms with van der Waals surface area (Å²) in [6, 6.07) is 24.8. The van der Waals surface area contributed by atoms with Crippen LogP contribution in [-0.2, 0) is 4.79 Å². The average Bonchev–Trinajstić information content (AvgIpc) is 2.84.